The second-order valence-corrected chi connectivity index (χ2v) is 8.28. The number of carbonyl (C=O) groups is 1. The number of nitrogens with zero attached hydrogens (tertiary/aromatic N) is 3. The Labute approximate surface area is 182 Å². The molecule has 3 rings (SSSR count). The van der Waals surface area contributed by atoms with Crippen LogP contribution in [-0.2, 0) is 11.3 Å². The average Bonchev–Trinajstić information content (AvgIpc) is 3.14. The van der Waals surface area contributed by atoms with Gasteiger partial charge in [-0.15, -0.1) is 11.3 Å². The first kappa shape index (κ1) is 22.1. The Kier molecular flexibility index (Phi) is 8.07. The van der Waals surface area contributed by atoms with Gasteiger partial charge in [0.2, 0.25) is 0 Å². The van der Waals surface area contributed by atoms with Crippen LogP contribution in [-0.4, -0.2) is 54.2 Å². The molecule has 0 bridgehead atoms. The summed E-state index contributed by atoms with van der Waals surface area (Å²) in [6, 6.07) is 10.5. The summed E-state index contributed by atoms with van der Waals surface area (Å²) in [7, 11) is 0. The lowest BCUT2D eigenvalue weighted by Crippen LogP contribution is -2.49. The van der Waals surface area contributed by atoms with Crippen LogP contribution in [0.15, 0.2) is 35.3 Å². The van der Waals surface area contributed by atoms with Gasteiger partial charge in [-0.2, -0.15) is 0 Å². The van der Waals surface area contributed by atoms with Crippen LogP contribution in [0.5, 0.6) is 0 Å². The summed E-state index contributed by atoms with van der Waals surface area (Å²) < 4.78 is 5.09. The Morgan fingerprint density at radius 3 is 2.67 bits per heavy atom. The molecule has 2 aromatic rings. The number of benzene rings is 1. The van der Waals surface area contributed by atoms with Crippen LogP contribution in [0.2, 0.25) is 0 Å². The van der Waals surface area contributed by atoms with Gasteiger partial charge >= 0.3 is 6.09 Å². The van der Waals surface area contributed by atoms with Gasteiger partial charge in [-0.25, -0.2) is 14.8 Å². The van der Waals surface area contributed by atoms with Gasteiger partial charge in [-0.05, 0) is 33.6 Å². The van der Waals surface area contributed by atoms with Crippen molar-refractivity contribution in [1.29, 1.82) is 0 Å². The van der Waals surface area contributed by atoms with Gasteiger partial charge in [0.25, 0.3) is 0 Å². The molecule has 8 heteroatoms. The maximum absolute atomic E-state index is 11.9. The number of rotatable bonds is 6. The number of piperidine rings is 1. The third-order valence-corrected chi connectivity index (χ3v) is 6.19. The topological polar surface area (TPSA) is 78.9 Å². The van der Waals surface area contributed by atoms with Crippen molar-refractivity contribution in [3.8, 4) is 10.6 Å². The quantitative estimate of drug-likeness (QED) is 0.539. The van der Waals surface area contributed by atoms with Crippen molar-refractivity contribution >= 4 is 23.4 Å². The molecule has 0 unspecified atom stereocenters. The van der Waals surface area contributed by atoms with Crippen LogP contribution >= 0.6 is 11.3 Å². The van der Waals surface area contributed by atoms with Crippen molar-refractivity contribution in [3.63, 3.8) is 0 Å². The zero-order valence-electron chi connectivity index (χ0n) is 18.0. The highest BCUT2D eigenvalue weighted by Gasteiger charge is 2.24. The van der Waals surface area contributed by atoms with Gasteiger partial charge in [0.15, 0.2) is 5.96 Å². The molecule has 1 aliphatic heterocycles. The molecule has 1 aliphatic rings. The highest BCUT2D eigenvalue weighted by atomic mass is 32.1. The van der Waals surface area contributed by atoms with Crippen LogP contribution in [0.4, 0.5) is 4.79 Å². The molecular weight excluding hydrogens is 398 g/mol. The van der Waals surface area contributed by atoms with Crippen molar-refractivity contribution in [2.75, 3.05) is 26.2 Å². The maximum atomic E-state index is 11.9. The van der Waals surface area contributed by atoms with Gasteiger partial charge in [0.1, 0.15) is 5.01 Å². The number of aliphatic imine (C=N–C) groups is 1. The molecule has 2 N–H and O–H groups in total. The molecule has 0 saturated carbocycles. The highest BCUT2D eigenvalue weighted by Crippen LogP contribution is 2.28. The van der Waals surface area contributed by atoms with E-state index in [-0.39, 0.29) is 12.1 Å². The van der Waals surface area contributed by atoms with Crippen molar-refractivity contribution in [1.82, 2.24) is 20.5 Å². The summed E-state index contributed by atoms with van der Waals surface area (Å²) in [5, 5.41) is 7.88. The summed E-state index contributed by atoms with van der Waals surface area (Å²) in [6.45, 7) is 9.13. The number of hydrogen-bond donors (Lipinski definition) is 2. The SMILES string of the molecule is CCNC(=NCc1sc(-c2ccccc2)nc1C)NC1CCN(C(=O)OCC)CC1. The van der Waals surface area contributed by atoms with Crippen molar-refractivity contribution in [2.45, 2.75) is 46.2 Å². The summed E-state index contributed by atoms with van der Waals surface area (Å²) >= 11 is 1.70. The number of carbonyl (C=O) groups excluding carboxylic acids is 1. The largest absolute Gasteiger partial charge is 0.450 e. The fraction of sp³-hybridized carbons (Fsp3) is 0.500. The van der Waals surface area contributed by atoms with E-state index < -0.39 is 0 Å². The molecule has 1 aromatic heterocycles. The second kappa shape index (κ2) is 11.0. The lowest BCUT2D eigenvalue weighted by Gasteiger charge is -2.32. The smallest absolute Gasteiger partial charge is 0.409 e. The molecule has 0 radical (unpaired) electrons. The molecule has 0 aliphatic carbocycles. The molecule has 30 heavy (non-hydrogen) atoms. The monoisotopic (exact) mass is 429 g/mol. The average molecular weight is 430 g/mol. The van der Waals surface area contributed by atoms with E-state index in [2.05, 4.69) is 29.7 Å². The van der Waals surface area contributed by atoms with E-state index in [0.717, 1.165) is 41.6 Å². The Morgan fingerprint density at radius 1 is 1.27 bits per heavy atom. The standard InChI is InChI=1S/C22H31N5O2S/c1-4-23-21(26-18-11-13-27(14-12-18)22(28)29-5-2)24-15-19-16(3)25-20(30-19)17-9-7-6-8-10-17/h6-10,18H,4-5,11-15H2,1-3H3,(H2,23,24,26). The molecule has 7 nitrogen and oxygen atoms in total. The lowest BCUT2D eigenvalue weighted by atomic mass is 10.1. The van der Waals surface area contributed by atoms with Gasteiger partial charge in [0, 0.05) is 36.1 Å². The van der Waals surface area contributed by atoms with E-state index in [1.165, 1.54) is 4.88 Å². The molecule has 1 saturated heterocycles. The molecule has 0 atom stereocenters. The number of ether oxygens (including phenoxy) is 1. The first-order chi connectivity index (χ1) is 14.6. The van der Waals surface area contributed by atoms with Crippen molar-refractivity contribution in [3.05, 3.63) is 40.9 Å². The minimum Gasteiger partial charge on any atom is -0.450 e. The minimum atomic E-state index is -0.216. The third-order valence-electron chi connectivity index (χ3n) is 5.00. The zero-order valence-corrected chi connectivity index (χ0v) is 18.8. The van der Waals surface area contributed by atoms with E-state index in [1.54, 1.807) is 16.2 Å². The Morgan fingerprint density at radius 2 is 2.00 bits per heavy atom. The molecule has 1 aromatic carbocycles. The van der Waals surface area contributed by atoms with E-state index in [0.29, 0.717) is 26.2 Å². The third kappa shape index (κ3) is 5.95. The second-order valence-electron chi connectivity index (χ2n) is 7.19. The molecule has 2 heterocycles. The fourth-order valence-electron chi connectivity index (χ4n) is 3.36. The number of hydrogen-bond acceptors (Lipinski definition) is 5. The Hall–Kier alpha value is -2.61. The van der Waals surface area contributed by atoms with Crippen molar-refractivity contribution < 1.29 is 9.53 Å². The first-order valence-corrected chi connectivity index (χ1v) is 11.4. The van der Waals surface area contributed by atoms with E-state index in [4.69, 9.17) is 14.7 Å². The van der Waals surface area contributed by atoms with Crippen LogP contribution in [0.25, 0.3) is 10.6 Å². The van der Waals surface area contributed by atoms with Crippen LogP contribution in [0, 0.1) is 6.92 Å². The maximum Gasteiger partial charge on any atom is 0.409 e. The number of thiazole rings is 1. The summed E-state index contributed by atoms with van der Waals surface area (Å²) in [6.07, 6.45) is 1.54. The molecule has 0 spiro atoms. The predicted molar refractivity (Wildman–Crippen MR) is 122 cm³/mol. The fourth-order valence-corrected chi connectivity index (χ4v) is 4.36. The summed E-state index contributed by atoms with van der Waals surface area (Å²) in [5.74, 6) is 0.807. The van der Waals surface area contributed by atoms with Crippen molar-refractivity contribution in [2.24, 2.45) is 4.99 Å². The number of guanidine groups is 1. The summed E-state index contributed by atoms with van der Waals surface area (Å²) in [5.41, 5.74) is 2.17. The van der Waals surface area contributed by atoms with Gasteiger partial charge < -0.3 is 20.3 Å². The van der Waals surface area contributed by atoms with Crippen LogP contribution < -0.4 is 10.6 Å². The number of aryl methyl sites for hydroxylation is 1. The minimum absolute atomic E-state index is 0.216. The molecule has 1 amide bonds. The van der Waals surface area contributed by atoms with Gasteiger partial charge in [0.05, 0.1) is 18.8 Å². The van der Waals surface area contributed by atoms with E-state index in [1.807, 2.05) is 32.0 Å². The van der Waals surface area contributed by atoms with Crippen LogP contribution in [0.1, 0.15) is 37.3 Å². The van der Waals surface area contributed by atoms with Crippen LogP contribution in [0.3, 0.4) is 0 Å². The molecule has 162 valence electrons. The number of likely N-dealkylation sites (tertiary alicyclic amines) is 1. The predicted octanol–water partition coefficient (Wildman–Crippen LogP) is 3.79. The Bertz CT molecular complexity index is 844. The zero-order chi connectivity index (χ0) is 21.3. The number of aromatic nitrogens is 1. The lowest BCUT2D eigenvalue weighted by molar-refractivity contribution is 0.0963. The first-order valence-electron chi connectivity index (χ1n) is 10.6. The Balaban J connectivity index is 1.59. The molecular formula is C22H31N5O2S. The number of nitrogens with one attached hydrogen (secondary N) is 2. The van der Waals surface area contributed by atoms with E-state index in [9.17, 15) is 4.79 Å². The number of amides is 1. The summed E-state index contributed by atoms with van der Waals surface area (Å²) in [4.78, 5) is 24.3. The van der Waals surface area contributed by atoms with Gasteiger partial charge in [-0.3, -0.25) is 0 Å². The normalized spacial score (nSPS) is 15.2. The highest BCUT2D eigenvalue weighted by molar-refractivity contribution is 7.15. The van der Waals surface area contributed by atoms with Gasteiger partial charge in [-0.1, -0.05) is 30.3 Å². The molecule has 1 fully saturated rings. The van der Waals surface area contributed by atoms with E-state index >= 15 is 0 Å².